The van der Waals surface area contributed by atoms with E-state index in [9.17, 15) is 14.4 Å². The molecule has 2 atom stereocenters. The lowest BCUT2D eigenvalue weighted by atomic mass is 9.96. The fraction of sp³-hybridized carbons (Fsp3) is 0.591. The van der Waals surface area contributed by atoms with Crippen molar-refractivity contribution in [3.05, 3.63) is 34.9 Å². The van der Waals surface area contributed by atoms with Crippen LogP contribution in [0.15, 0.2) is 18.2 Å². The van der Waals surface area contributed by atoms with E-state index in [4.69, 9.17) is 9.47 Å². The van der Waals surface area contributed by atoms with E-state index in [2.05, 4.69) is 21.6 Å². The van der Waals surface area contributed by atoms with Crippen LogP contribution in [-0.4, -0.2) is 85.2 Å². The first kappa shape index (κ1) is 20.6. The average Bonchev–Trinajstić information content (AvgIpc) is 2.92. The van der Waals surface area contributed by atoms with Crippen LogP contribution < -0.4 is 10.6 Å². The van der Waals surface area contributed by atoms with Crippen LogP contribution in [0.25, 0.3) is 0 Å². The number of nitrogens with zero attached hydrogens (tertiary/aromatic N) is 2. The number of piperidine rings is 1. The van der Waals surface area contributed by atoms with Crippen LogP contribution in [0.5, 0.6) is 0 Å². The molecule has 4 heterocycles. The minimum Gasteiger partial charge on any atom is -0.378 e. The molecule has 0 bridgehead atoms. The van der Waals surface area contributed by atoms with E-state index >= 15 is 0 Å². The second kappa shape index (κ2) is 8.31. The van der Waals surface area contributed by atoms with Gasteiger partial charge in [0.1, 0.15) is 6.04 Å². The minimum atomic E-state index is -0.585. The predicted octanol–water partition coefficient (Wildman–Crippen LogP) is -0.362. The highest BCUT2D eigenvalue weighted by molar-refractivity contribution is 6.05. The number of carbonyl (C=O) groups excluding carboxylic acids is 3. The third-order valence-corrected chi connectivity index (χ3v) is 6.76. The molecule has 4 aliphatic rings. The molecule has 0 aliphatic carbocycles. The molecule has 3 fully saturated rings. The van der Waals surface area contributed by atoms with Gasteiger partial charge >= 0.3 is 0 Å². The zero-order valence-electron chi connectivity index (χ0n) is 17.5. The maximum absolute atomic E-state index is 12.9. The van der Waals surface area contributed by atoms with Crippen LogP contribution in [0.2, 0.25) is 0 Å². The Morgan fingerprint density at radius 1 is 1.13 bits per heavy atom. The Balaban J connectivity index is 1.33. The maximum Gasteiger partial charge on any atom is 0.255 e. The van der Waals surface area contributed by atoms with Crippen LogP contribution in [-0.2, 0) is 32.2 Å². The van der Waals surface area contributed by atoms with Crippen molar-refractivity contribution in [3.8, 4) is 0 Å². The van der Waals surface area contributed by atoms with Crippen molar-refractivity contribution >= 4 is 17.7 Å². The Kier molecular flexibility index (Phi) is 5.51. The van der Waals surface area contributed by atoms with Crippen molar-refractivity contribution in [2.24, 2.45) is 0 Å². The first-order chi connectivity index (χ1) is 15.1. The molecule has 9 nitrogen and oxygen atoms in total. The van der Waals surface area contributed by atoms with Crippen molar-refractivity contribution < 1.29 is 23.9 Å². The van der Waals surface area contributed by atoms with Crippen LogP contribution in [0.4, 0.5) is 0 Å². The van der Waals surface area contributed by atoms with Crippen LogP contribution >= 0.6 is 0 Å². The summed E-state index contributed by atoms with van der Waals surface area (Å²) < 4.78 is 11.6. The highest BCUT2D eigenvalue weighted by Gasteiger charge is 2.42. The van der Waals surface area contributed by atoms with Crippen molar-refractivity contribution in [2.75, 3.05) is 46.1 Å². The summed E-state index contributed by atoms with van der Waals surface area (Å²) in [6.45, 7) is 6.28. The number of nitrogens with one attached hydrogen (secondary N) is 2. The van der Waals surface area contributed by atoms with Gasteiger partial charge < -0.3 is 19.7 Å². The number of imide groups is 1. The maximum atomic E-state index is 12.9. The Hall–Kier alpha value is -2.33. The van der Waals surface area contributed by atoms with Gasteiger partial charge in [-0.3, -0.25) is 24.6 Å². The van der Waals surface area contributed by atoms with Gasteiger partial charge in [0.25, 0.3) is 5.91 Å². The number of hydrogen-bond acceptors (Lipinski definition) is 7. The fourth-order valence-corrected chi connectivity index (χ4v) is 5.03. The van der Waals surface area contributed by atoms with Gasteiger partial charge in [-0.25, -0.2) is 0 Å². The largest absolute Gasteiger partial charge is 0.378 e. The highest BCUT2D eigenvalue weighted by Crippen LogP contribution is 2.30. The zero-order chi connectivity index (χ0) is 21.4. The lowest BCUT2D eigenvalue weighted by Gasteiger charge is -2.46. The molecule has 3 saturated heterocycles. The van der Waals surface area contributed by atoms with Gasteiger partial charge in [0.15, 0.2) is 0 Å². The molecular formula is C22H28N4O5. The Morgan fingerprint density at radius 2 is 1.97 bits per heavy atom. The number of carbonyl (C=O) groups is 3. The van der Waals surface area contributed by atoms with Gasteiger partial charge in [-0.05, 0) is 23.6 Å². The second-order valence-corrected chi connectivity index (χ2v) is 8.82. The van der Waals surface area contributed by atoms with Crippen LogP contribution in [0, 0.1) is 0 Å². The summed E-state index contributed by atoms with van der Waals surface area (Å²) in [5, 5.41) is 5.81. The average molecular weight is 428 g/mol. The normalized spacial score (nSPS) is 29.7. The van der Waals surface area contributed by atoms with Crippen LogP contribution in [0.3, 0.4) is 0 Å². The zero-order valence-corrected chi connectivity index (χ0v) is 17.5. The smallest absolute Gasteiger partial charge is 0.255 e. The van der Waals surface area contributed by atoms with Gasteiger partial charge in [0.05, 0.1) is 32.0 Å². The summed E-state index contributed by atoms with van der Waals surface area (Å²) >= 11 is 0. The monoisotopic (exact) mass is 428 g/mol. The minimum absolute atomic E-state index is 0.139. The summed E-state index contributed by atoms with van der Waals surface area (Å²) in [5.41, 5.74) is 2.51. The summed E-state index contributed by atoms with van der Waals surface area (Å²) in [5.74, 6) is -0.793. The van der Waals surface area contributed by atoms with Crippen molar-refractivity contribution in [1.29, 1.82) is 0 Å². The molecule has 0 radical (unpaired) electrons. The van der Waals surface area contributed by atoms with Gasteiger partial charge in [-0.15, -0.1) is 0 Å². The van der Waals surface area contributed by atoms with E-state index in [1.54, 1.807) is 4.90 Å². The summed E-state index contributed by atoms with van der Waals surface area (Å²) in [6, 6.07) is 5.36. The molecule has 1 aromatic rings. The number of benzene rings is 1. The summed E-state index contributed by atoms with van der Waals surface area (Å²) in [4.78, 5) is 40.6. The third-order valence-electron chi connectivity index (χ3n) is 6.76. The van der Waals surface area contributed by atoms with Crippen molar-refractivity contribution in [2.45, 2.75) is 37.5 Å². The molecule has 9 heteroatoms. The molecular weight excluding hydrogens is 400 g/mol. The Labute approximate surface area is 181 Å². The number of hydrogen-bond donors (Lipinski definition) is 2. The number of fused-ring (bicyclic) bond motifs is 1. The first-order valence-corrected chi connectivity index (χ1v) is 10.9. The number of amides is 3. The topological polar surface area (TPSA) is 100 Å². The molecule has 5 rings (SSSR count). The van der Waals surface area contributed by atoms with Gasteiger partial charge in [0.2, 0.25) is 11.8 Å². The van der Waals surface area contributed by atoms with Gasteiger partial charge in [-0.2, -0.15) is 0 Å². The fourth-order valence-electron chi connectivity index (χ4n) is 5.03. The molecule has 31 heavy (non-hydrogen) atoms. The molecule has 3 amide bonds. The lowest BCUT2D eigenvalue weighted by Crippen LogP contribution is -2.62. The molecule has 2 N–H and O–H groups in total. The third kappa shape index (κ3) is 3.87. The SMILES string of the molecule is O=C1CCC(N2Cc3cc(CN4CCOCC45CNCCOC5)ccc3C2=O)C(=O)N1. The van der Waals surface area contributed by atoms with E-state index in [1.807, 2.05) is 12.1 Å². The molecule has 166 valence electrons. The Bertz CT molecular complexity index is 896. The standard InChI is InChI=1S/C22H28N4O5/c27-19-4-3-18(20(28)24-19)26-11-16-9-15(1-2-17(16)21(26)29)10-25-6-8-31-14-22(25)12-23-5-7-30-13-22/h1-2,9,18,23H,3-8,10-14H2,(H,24,27,28). The molecule has 1 aromatic carbocycles. The second-order valence-electron chi connectivity index (χ2n) is 8.82. The predicted molar refractivity (Wildman–Crippen MR) is 110 cm³/mol. The summed E-state index contributed by atoms with van der Waals surface area (Å²) in [7, 11) is 0. The Morgan fingerprint density at radius 3 is 2.81 bits per heavy atom. The van der Waals surface area contributed by atoms with E-state index in [1.165, 1.54) is 0 Å². The molecule has 4 aliphatic heterocycles. The van der Waals surface area contributed by atoms with E-state index in [0.29, 0.717) is 45.0 Å². The van der Waals surface area contributed by atoms with Gasteiger partial charge in [-0.1, -0.05) is 12.1 Å². The number of ether oxygens (including phenoxy) is 2. The van der Waals surface area contributed by atoms with E-state index < -0.39 is 6.04 Å². The van der Waals surface area contributed by atoms with E-state index in [-0.39, 0.29) is 29.7 Å². The molecule has 1 spiro atoms. The van der Waals surface area contributed by atoms with Gasteiger partial charge in [0, 0.05) is 44.7 Å². The molecule has 0 saturated carbocycles. The summed E-state index contributed by atoms with van der Waals surface area (Å²) in [6.07, 6.45) is 0.636. The van der Waals surface area contributed by atoms with Crippen molar-refractivity contribution in [1.82, 2.24) is 20.4 Å². The number of morpholine rings is 1. The quantitative estimate of drug-likeness (QED) is 0.634. The van der Waals surface area contributed by atoms with Crippen molar-refractivity contribution in [3.63, 3.8) is 0 Å². The molecule has 2 unspecified atom stereocenters. The van der Waals surface area contributed by atoms with E-state index in [0.717, 1.165) is 37.3 Å². The van der Waals surface area contributed by atoms with Crippen LogP contribution in [0.1, 0.15) is 34.3 Å². The molecule has 0 aromatic heterocycles. The first-order valence-electron chi connectivity index (χ1n) is 10.9. The lowest BCUT2D eigenvalue weighted by molar-refractivity contribution is -0.136. The number of rotatable bonds is 3. The highest BCUT2D eigenvalue weighted by atomic mass is 16.5.